The highest BCUT2D eigenvalue weighted by Crippen LogP contribution is 2.40. The van der Waals surface area contributed by atoms with Crippen LogP contribution in [0.4, 0.5) is 0 Å². The first-order chi connectivity index (χ1) is 8.93. The van der Waals surface area contributed by atoms with Gasteiger partial charge >= 0.3 is 0 Å². The Morgan fingerprint density at radius 1 is 1.26 bits per heavy atom. The molecule has 19 heavy (non-hydrogen) atoms. The Kier molecular flexibility index (Phi) is 4.94. The molecule has 0 aromatic heterocycles. The molecule has 2 aliphatic rings. The van der Waals surface area contributed by atoms with Crippen LogP contribution in [0.5, 0.6) is 0 Å². The predicted octanol–water partition coefficient (Wildman–Crippen LogP) is 3.52. The largest absolute Gasteiger partial charge is 0.317 e. The second kappa shape index (κ2) is 6.13. The second-order valence-corrected chi connectivity index (χ2v) is 8.01. The summed E-state index contributed by atoms with van der Waals surface area (Å²) in [6, 6.07) is 1.57. The fraction of sp³-hybridized carbons (Fsp3) is 1.00. The quantitative estimate of drug-likeness (QED) is 0.837. The molecule has 0 aromatic rings. The average Bonchev–Trinajstić information content (AvgIpc) is 2.76. The maximum absolute atomic E-state index is 3.58. The van der Waals surface area contributed by atoms with Gasteiger partial charge < -0.3 is 5.32 Å². The first-order valence-corrected chi connectivity index (χ1v) is 8.34. The van der Waals surface area contributed by atoms with Gasteiger partial charge in [0.2, 0.25) is 0 Å². The Morgan fingerprint density at radius 2 is 2.00 bits per heavy atom. The zero-order chi connectivity index (χ0) is 14.0. The molecule has 3 unspecified atom stereocenters. The van der Waals surface area contributed by atoms with E-state index in [0.717, 1.165) is 23.9 Å². The van der Waals surface area contributed by atoms with Gasteiger partial charge in [-0.15, -0.1) is 0 Å². The van der Waals surface area contributed by atoms with Crippen LogP contribution in [0.25, 0.3) is 0 Å². The summed E-state index contributed by atoms with van der Waals surface area (Å²) in [6.07, 6.45) is 6.94. The topological polar surface area (TPSA) is 15.3 Å². The van der Waals surface area contributed by atoms with E-state index >= 15 is 0 Å². The molecular formula is C17H34N2. The van der Waals surface area contributed by atoms with Crippen molar-refractivity contribution in [1.82, 2.24) is 10.2 Å². The predicted molar refractivity (Wildman–Crippen MR) is 83.4 cm³/mol. The molecule has 1 heterocycles. The molecule has 0 aromatic carbocycles. The molecule has 2 rings (SSSR count). The minimum Gasteiger partial charge on any atom is -0.317 e. The van der Waals surface area contributed by atoms with Crippen molar-refractivity contribution in [2.45, 2.75) is 71.9 Å². The molecule has 2 nitrogen and oxygen atoms in total. The van der Waals surface area contributed by atoms with Gasteiger partial charge in [-0.05, 0) is 62.9 Å². The van der Waals surface area contributed by atoms with E-state index in [2.05, 4.69) is 45.0 Å². The molecule has 1 N–H and O–H groups in total. The molecule has 1 saturated heterocycles. The maximum Gasteiger partial charge on any atom is 0.0119 e. The number of hydrogen-bond donors (Lipinski definition) is 1. The van der Waals surface area contributed by atoms with E-state index < -0.39 is 0 Å². The van der Waals surface area contributed by atoms with Crippen LogP contribution in [0.2, 0.25) is 0 Å². The maximum atomic E-state index is 3.58. The first-order valence-electron chi connectivity index (χ1n) is 8.34. The Morgan fingerprint density at radius 3 is 2.63 bits per heavy atom. The van der Waals surface area contributed by atoms with Crippen molar-refractivity contribution < 1.29 is 0 Å². The van der Waals surface area contributed by atoms with Crippen molar-refractivity contribution in [3.8, 4) is 0 Å². The van der Waals surface area contributed by atoms with Crippen LogP contribution in [-0.2, 0) is 0 Å². The van der Waals surface area contributed by atoms with E-state index in [1.807, 2.05) is 0 Å². The van der Waals surface area contributed by atoms with Crippen LogP contribution < -0.4 is 5.32 Å². The molecule has 0 bridgehead atoms. The average molecular weight is 266 g/mol. The summed E-state index contributed by atoms with van der Waals surface area (Å²) in [5.41, 5.74) is 0.547. The smallest absolute Gasteiger partial charge is 0.0119 e. The van der Waals surface area contributed by atoms with Gasteiger partial charge in [0.05, 0.1) is 0 Å². The normalized spacial score (nSPS) is 36.0. The third-order valence-electron chi connectivity index (χ3n) is 5.54. The van der Waals surface area contributed by atoms with Crippen LogP contribution >= 0.6 is 0 Å². The Hall–Kier alpha value is -0.0800. The van der Waals surface area contributed by atoms with E-state index in [4.69, 9.17) is 0 Å². The van der Waals surface area contributed by atoms with E-state index in [-0.39, 0.29) is 0 Å². The highest BCUT2D eigenvalue weighted by Gasteiger charge is 2.37. The lowest BCUT2D eigenvalue weighted by atomic mass is 9.69. The Bertz CT molecular complexity index is 285. The van der Waals surface area contributed by atoms with Gasteiger partial charge in [0.1, 0.15) is 0 Å². The molecule has 1 aliphatic heterocycles. The molecule has 0 amide bonds. The SMILES string of the molecule is CNC1CCC(C)(C)CC1CN1CCCC1C(C)C. The summed E-state index contributed by atoms with van der Waals surface area (Å²) in [7, 11) is 2.15. The summed E-state index contributed by atoms with van der Waals surface area (Å²) in [5, 5.41) is 3.58. The second-order valence-electron chi connectivity index (χ2n) is 8.01. The van der Waals surface area contributed by atoms with E-state index in [0.29, 0.717) is 5.41 Å². The van der Waals surface area contributed by atoms with Crippen LogP contribution in [0.1, 0.15) is 59.8 Å². The molecule has 1 saturated carbocycles. The number of nitrogens with zero attached hydrogens (tertiary/aromatic N) is 1. The number of likely N-dealkylation sites (tertiary alicyclic amines) is 1. The van der Waals surface area contributed by atoms with Gasteiger partial charge in [-0.1, -0.05) is 27.7 Å². The number of hydrogen-bond acceptors (Lipinski definition) is 2. The highest BCUT2D eigenvalue weighted by atomic mass is 15.2. The van der Waals surface area contributed by atoms with E-state index in [1.54, 1.807) is 0 Å². The van der Waals surface area contributed by atoms with Crippen molar-refractivity contribution in [2.75, 3.05) is 20.1 Å². The molecule has 1 aliphatic carbocycles. The Balaban J connectivity index is 1.98. The van der Waals surface area contributed by atoms with Crippen LogP contribution in [0.15, 0.2) is 0 Å². The van der Waals surface area contributed by atoms with Crippen LogP contribution in [0, 0.1) is 17.3 Å². The van der Waals surface area contributed by atoms with Crippen molar-refractivity contribution in [1.29, 1.82) is 0 Å². The molecule has 2 heteroatoms. The van der Waals surface area contributed by atoms with Gasteiger partial charge in [0, 0.05) is 18.6 Å². The van der Waals surface area contributed by atoms with Gasteiger partial charge in [0.15, 0.2) is 0 Å². The van der Waals surface area contributed by atoms with Gasteiger partial charge in [-0.2, -0.15) is 0 Å². The zero-order valence-electron chi connectivity index (χ0n) is 13.7. The minimum absolute atomic E-state index is 0.547. The molecule has 0 spiro atoms. The lowest BCUT2D eigenvalue weighted by molar-refractivity contribution is 0.0891. The van der Waals surface area contributed by atoms with Gasteiger partial charge in [0.25, 0.3) is 0 Å². The van der Waals surface area contributed by atoms with Gasteiger partial charge in [-0.25, -0.2) is 0 Å². The number of rotatable bonds is 4. The van der Waals surface area contributed by atoms with Crippen molar-refractivity contribution in [2.24, 2.45) is 17.3 Å². The molecule has 3 atom stereocenters. The lowest BCUT2D eigenvalue weighted by Gasteiger charge is -2.43. The van der Waals surface area contributed by atoms with Crippen molar-refractivity contribution in [3.05, 3.63) is 0 Å². The highest BCUT2D eigenvalue weighted by molar-refractivity contribution is 4.92. The van der Waals surface area contributed by atoms with Crippen molar-refractivity contribution >= 4 is 0 Å². The monoisotopic (exact) mass is 266 g/mol. The Labute approximate surface area is 120 Å². The van der Waals surface area contributed by atoms with Crippen LogP contribution in [0.3, 0.4) is 0 Å². The summed E-state index contributed by atoms with van der Waals surface area (Å²) < 4.78 is 0. The summed E-state index contributed by atoms with van der Waals surface area (Å²) in [5.74, 6) is 1.65. The third kappa shape index (κ3) is 3.72. The minimum atomic E-state index is 0.547. The summed E-state index contributed by atoms with van der Waals surface area (Å²) >= 11 is 0. The zero-order valence-corrected chi connectivity index (χ0v) is 13.7. The van der Waals surface area contributed by atoms with E-state index in [9.17, 15) is 0 Å². The summed E-state index contributed by atoms with van der Waals surface area (Å²) in [4.78, 5) is 2.79. The lowest BCUT2D eigenvalue weighted by Crippen LogP contribution is -2.48. The molecule has 112 valence electrons. The molecular weight excluding hydrogens is 232 g/mol. The van der Waals surface area contributed by atoms with Crippen LogP contribution in [-0.4, -0.2) is 37.1 Å². The fourth-order valence-corrected chi connectivity index (χ4v) is 4.44. The van der Waals surface area contributed by atoms with E-state index in [1.165, 1.54) is 45.2 Å². The number of nitrogens with one attached hydrogen (secondary N) is 1. The summed E-state index contributed by atoms with van der Waals surface area (Å²) in [6.45, 7) is 12.3. The first kappa shape index (κ1) is 15.3. The van der Waals surface area contributed by atoms with Crippen molar-refractivity contribution in [3.63, 3.8) is 0 Å². The standard InChI is InChI=1S/C17H34N2/c1-13(2)16-7-6-10-19(16)12-14-11-17(3,4)9-8-15(14)18-5/h13-16,18H,6-12H2,1-5H3. The molecule has 2 fully saturated rings. The fourth-order valence-electron chi connectivity index (χ4n) is 4.44. The van der Waals surface area contributed by atoms with Gasteiger partial charge in [-0.3, -0.25) is 4.90 Å². The third-order valence-corrected chi connectivity index (χ3v) is 5.54. The molecule has 0 radical (unpaired) electrons.